The van der Waals surface area contributed by atoms with Crippen LogP contribution in [-0.4, -0.2) is 14.1 Å². The minimum atomic E-state index is -0.00135. The second kappa shape index (κ2) is 4.39. The maximum Gasteiger partial charge on any atom is 0.328 e. The van der Waals surface area contributed by atoms with E-state index in [-0.39, 0.29) is 5.69 Å². The molecule has 0 bridgehead atoms. The molecule has 0 atom stereocenters. The topological polar surface area (TPSA) is 39.8 Å². The van der Waals surface area contributed by atoms with Crippen LogP contribution in [0.5, 0.6) is 0 Å². The summed E-state index contributed by atoms with van der Waals surface area (Å²) in [4.78, 5) is 16.4. The van der Waals surface area contributed by atoms with Gasteiger partial charge in [0, 0.05) is 30.5 Å². The molecule has 0 unspecified atom stereocenters. The first-order chi connectivity index (χ1) is 9.15. The van der Waals surface area contributed by atoms with E-state index in [9.17, 15) is 4.79 Å². The standard InChI is InChI=1S/C15H15N3O/c1-11-9-12(10-18-8-7-17(2)15(18)19)13-5-3-4-6-14(13)16-11/h3-9H,10H2,1-2H3. The number of hydrogen-bond donors (Lipinski definition) is 0. The summed E-state index contributed by atoms with van der Waals surface area (Å²) in [7, 11) is 1.76. The molecule has 2 aromatic heterocycles. The van der Waals surface area contributed by atoms with Gasteiger partial charge in [0.25, 0.3) is 0 Å². The second-order valence-electron chi connectivity index (χ2n) is 4.76. The summed E-state index contributed by atoms with van der Waals surface area (Å²) < 4.78 is 3.29. The Labute approximate surface area is 110 Å². The molecule has 0 saturated carbocycles. The number of rotatable bonds is 2. The molecule has 0 amide bonds. The Morgan fingerprint density at radius 3 is 2.74 bits per heavy atom. The Bertz CT molecular complexity index is 799. The molecule has 3 rings (SSSR count). The van der Waals surface area contributed by atoms with Crippen molar-refractivity contribution in [1.82, 2.24) is 14.1 Å². The van der Waals surface area contributed by atoms with E-state index in [1.807, 2.05) is 43.5 Å². The number of aromatic nitrogens is 3. The van der Waals surface area contributed by atoms with Gasteiger partial charge in [-0.05, 0) is 24.6 Å². The van der Waals surface area contributed by atoms with Crippen LogP contribution >= 0.6 is 0 Å². The van der Waals surface area contributed by atoms with E-state index in [4.69, 9.17) is 0 Å². The lowest BCUT2D eigenvalue weighted by atomic mass is 10.1. The summed E-state index contributed by atoms with van der Waals surface area (Å²) in [6.07, 6.45) is 3.59. The zero-order chi connectivity index (χ0) is 13.4. The second-order valence-corrected chi connectivity index (χ2v) is 4.76. The molecule has 0 aliphatic carbocycles. The van der Waals surface area contributed by atoms with Gasteiger partial charge < -0.3 is 4.57 Å². The van der Waals surface area contributed by atoms with Gasteiger partial charge in [-0.15, -0.1) is 0 Å². The van der Waals surface area contributed by atoms with Crippen LogP contribution in [0.4, 0.5) is 0 Å². The Morgan fingerprint density at radius 1 is 1.21 bits per heavy atom. The van der Waals surface area contributed by atoms with Crippen molar-refractivity contribution in [2.45, 2.75) is 13.5 Å². The number of aryl methyl sites for hydroxylation is 2. The summed E-state index contributed by atoms with van der Waals surface area (Å²) in [5, 5.41) is 1.10. The van der Waals surface area contributed by atoms with Gasteiger partial charge in [-0.25, -0.2) is 4.79 Å². The molecule has 3 aromatic rings. The summed E-state index contributed by atoms with van der Waals surface area (Å²) in [6, 6.07) is 10.1. The van der Waals surface area contributed by atoms with Gasteiger partial charge in [0.05, 0.1) is 12.1 Å². The fraction of sp³-hybridized carbons (Fsp3) is 0.200. The SMILES string of the molecule is Cc1cc(Cn2ccn(C)c2=O)c2ccccc2n1. The molecule has 0 fully saturated rings. The average molecular weight is 253 g/mol. The van der Waals surface area contributed by atoms with Crippen LogP contribution in [0.25, 0.3) is 10.9 Å². The Hall–Kier alpha value is -2.36. The van der Waals surface area contributed by atoms with E-state index in [1.54, 1.807) is 22.4 Å². The van der Waals surface area contributed by atoms with Gasteiger partial charge in [0.1, 0.15) is 0 Å². The number of imidazole rings is 1. The van der Waals surface area contributed by atoms with E-state index in [0.717, 1.165) is 22.2 Å². The lowest BCUT2D eigenvalue weighted by Crippen LogP contribution is -2.22. The predicted molar refractivity (Wildman–Crippen MR) is 75.3 cm³/mol. The van der Waals surface area contributed by atoms with Crippen molar-refractivity contribution < 1.29 is 0 Å². The number of pyridine rings is 1. The molecular weight excluding hydrogens is 238 g/mol. The zero-order valence-electron chi connectivity index (χ0n) is 11.0. The first-order valence-corrected chi connectivity index (χ1v) is 6.22. The number of fused-ring (bicyclic) bond motifs is 1. The van der Waals surface area contributed by atoms with Gasteiger partial charge in [0.2, 0.25) is 0 Å². The van der Waals surface area contributed by atoms with Gasteiger partial charge in [-0.1, -0.05) is 18.2 Å². The highest BCUT2D eigenvalue weighted by Gasteiger charge is 2.06. The van der Waals surface area contributed by atoms with Crippen molar-refractivity contribution in [3.8, 4) is 0 Å². The Kier molecular flexibility index (Phi) is 2.71. The van der Waals surface area contributed by atoms with Crippen LogP contribution in [0.2, 0.25) is 0 Å². The third-order valence-electron chi connectivity index (χ3n) is 3.29. The van der Waals surface area contributed by atoms with Crippen molar-refractivity contribution in [3.05, 3.63) is 64.5 Å². The molecule has 0 saturated heterocycles. The number of para-hydroxylation sites is 1. The van der Waals surface area contributed by atoms with Crippen LogP contribution in [0, 0.1) is 6.92 Å². The maximum absolute atomic E-state index is 11.9. The molecule has 0 aliphatic rings. The third-order valence-corrected chi connectivity index (χ3v) is 3.29. The van der Waals surface area contributed by atoms with E-state index in [2.05, 4.69) is 4.98 Å². The lowest BCUT2D eigenvalue weighted by Gasteiger charge is -2.08. The fourth-order valence-corrected chi connectivity index (χ4v) is 2.34. The maximum atomic E-state index is 11.9. The fourth-order valence-electron chi connectivity index (χ4n) is 2.34. The molecule has 2 heterocycles. The van der Waals surface area contributed by atoms with Gasteiger partial charge >= 0.3 is 5.69 Å². The van der Waals surface area contributed by atoms with E-state index >= 15 is 0 Å². The van der Waals surface area contributed by atoms with Gasteiger partial charge in [-0.2, -0.15) is 0 Å². The van der Waals surface area contributed by atoms with E-state index in [1.165, 1.54) is 0 Å². The Morgan fingerprint density at radius 2 is 2.00 bits per heavy atom. The third kappa shape index (κ3) is 2.05. The van der Waals surface area contributed by atoms with Gasteiger partial charge in [0.15, 0.2) is 0 Å². The van der Waals surface area contributed by atoms with Crippen LogP contribution in [0.3, 0.4) is 0 Å². The minimum Gasteiger partial charge on any atom is -0.302 e. The van der Waals surface area contributed by atoms with Crippen molar-refractivity contribution in [1.29, 1.82) is 0 Å². The smallest absolute Gasteiger partial charge is 0.302 e. The molecule has 0 radical (unpaired) electrons. The molecule has 96 valence electrons. The van der Waals surface area contributed by atoms with Crippen LogP contribution in [0.1, 0.15) is 11.3 Å². The molecule has 4 nitrogen and oxygen atoms in total. The molecule has 19 heavy (non-hydrogen) atoms. The number of benzene rings is 1. The van der Waals surface area contributed by atoms with Crippen molar-refractivity contribution >= 4 is 10.9 Å². The quantitative estimate of drug-likeness (QED) is 0.701. The monoisotopic (exact) mass is 253 g/mol. The Balaban J connectivity index is 2.15. The van der Waals surface area contributed by atoms with Crippen molar-refractivity contribution in [3.63, 3.8) is 0 Å². The minimum absolute atomic E-state index is 0.00135. The normalized spacial score (nSPS) is 11.1. The lowest BCUT2D eigenvalue weighted by molar-refractivity contribution is 0.720. The van der Waals surface area contributed by atoms with E-state index < -0.39 is 0 Å². The molecule has 0 N–H and O–H groups in total. The summed E-state index contributed by atoms with van der Waals surface area (Å²) >= 11 is 0. The highest BCUT2D eigenvalue weighted by atomic mass is 16.1. The first kappa shape index (κ1) is 11.7. The van der Waals surface area contributed by atoms with Crippen LogP contribution in [-0.2, 0) is 13.6 Å². The van der Waals surface area contributed by atoms with Crippen LogP contribution in [0.15, 0.2) is 47.5 Å². The summed E-state index contributed by atoms with van der Waals surface area (Å²) in [5.74, 6) is 0. The van der Waals surface area contributed by atoms with Gasteiger partial charge in [-0.3, -0.25) is 9.55 Å². The molecular formula is C15H15N3O. The largest absolute Gasteiger partial charge is 0.328 e. The zero-order valence-corrected chi connectivity index (χ0v) is 11.0. The molecule has 1 aromatic carbocycles. The highest BCUT2D eigenvalue weighted by Crippen LogP contribution is 2.18. The van der Waals surface area contributed by atoms with E-state index in [0.29, 0.717) is 6.54 Å². The highest BCUT2D eigenvalue weighted by molar-refractivity contribution is 5.82. The number of nitrogens with zero attached hydrogens (tertiary/aromatic N) is 3. The van der Waals surface area contributed by atoms with Crippen LogP contribution < -0.4 is 5.69 Å². The average Bonchev–Trinajstić information content (AvgIpc) is 2.70. The predicted octanol–water partition coefficient (Wildman–Crippen LogP) is 2.09. The first-order valence-electron chi connectivity index (χ1n) is 6.22. The molecule has 0 aliphatic heterocycles. The summed E-state index contributed by atoms with van der Waals surface area (Å²) in [5.41, 5.74) is 3.06. The molecule has 4 heteroatoms. The molecule has 0 spiro atoms. The van der Waals surface area contributed by atoms with Crippen molar-refractivity contribution in [2.24, 2.45) is 7.05 Å². The number of hydrogen-bond acceptors (Lipinski definition) is 2. The summed E-state index contributed by atoms with van der Waals surface area (Å²) in [6.45, 7) is 2.55. The van der Waals surface area contributed by atoms with Crippen molar-refractivity contribution in [2.75, 3.05) is 0 Å².